The average Bonchev–Trinajstić information content (AvgIpc) is 2.40. The Bertz CT molecular complexity index is 395. The highest BCUT2D eigenvalue weighted by Gasteiger charge is 2.16. The largest absolute Gasteiger partial charge is 0.494 e. The van der Waals surface area contributed by atoms with E-state index in [1.165, 1.54) is 0 Å². The van der Waals surface area contributed by atoms with E-state index in [1.807, 2.05) is 43.3 Å². The third-order valence-corrected chi connectivity index (χ3v) is 3.12. The van der Waals surface area contributed by atoms with Gasteiger partial charge in [0.05, 0.1) is 12.0 Å². The standard InChI is InChI=1S/C16H22ClNO/c1-4-11-18(12-5-2)13-15(17)14-9-7-8-10-16(14)19-6-3/h4-5,7-10,15H,1-2,6,11-13H2,3H3. The molecule has 0 aliphatic heterocycles. The first-order valence-electron chi connectivity index (χ1n) is 6.52. The van der Waals surface area contributed by atoms with E-state index in [2.05, 4.69) is 18.1 Å². The van der Waals surface area contributed by atoms with Crippen molar-refractivity contribution in [2.24, 2.45) is 0 Å². The summed E-state index contributed by atoms with van der Waals surface area (Å²) in [4.78, 5) is 2.19. The molecule has 0 aliphatic rings. The molecule has 1 unspecified atom stereocenters. The Labute approximate surface area is 121 Å². The fourth-order valence-corrected chi connectivity index (χ4v) is 2.32. The molecular formula is C16H22ClNO. The number of nitrogens with zero attached hydrogens (tertiary/aromatic N) is 1. The van der Waals surface area contributed by atoms with E-state index in [4.69, 9.17) is 16.3 Å². The third-order valence-electron chi connectivity index (χ3n) is 2.75. The minimum atomic E-state index is -0.109. The van der Waals surface area contributed by atoms with Crippen LogP contribution in [0.3, 0.4) is 0 Å². The number of alkyl halides is 1. The number of halogens is 1. The summed E-state index contributed by atoms with van der Waals surface area (Å²) in [5, 5.41) is -0.109. The lowest BCUT2D eigenvalue weighted by atomic mass is 10.1. The van der Waals surface area contributed by atoms with Crippen molar-refractivity contribution >= 4 is 11.6 Å². The molecule has 0 N–H and O–H groups in total. The topological polar surface area (TPSA) is 12.5 Å². The van der Waals surface area contributed by atoms with Gasteiger partial charge in [-0.15, -0.1) is 24.8 Å². The fourth-order valence-electron chi connectivity index (χ4n) is 1.94. The second-order valence-corrected chi connectivity index (χ2v) is 4.76. The molecule has 1 rings (SSSR count). The van der Waals surface area contributed by atoms with Crippen LogP contribution in [0.4, 0.5) is 0 Å². The lowest BCUT2D eigenvalue weighted by Crippen LogP contribution is -2.27. The average molecular weight is 280 g/mol. The second kappa shape index (κ2) is 8.78. The van der Waals surface area contributed by atoms with Gasteiger partial charge in [-0.1, -0.05) is 30.4 Å². The fraction of sp³-hybridized carbons (Fsp3) is 0.375. The van der Waals surface area contributed by atoms with Crippen LogP contribution in [0.2, 0.25) is 0 Å². The Kier molecular flexibility index (Phi) is 7.31. The van der Waals surface area contributed by atoms with Gasteiger partial charge < -0.3 is 4.74 Å². The summed E-state index contributed by atoms with van der Waals surface area (Å²) < 4.78 is 5.62. The molecule has 0 heterocycles. The van der Waals surface area contributed by atoms with Gasteiger partial charge >= 0.3 is 0 Å². The zero-order valence-electron chi connectivity index (χ0n) is 11.5. The summed E-state index contributed by atoms with van der Waals surface area (Å²) in [5.41, 5.74) is 1.03. The Balaban J connectivity index is 2.77. The molecule has 2 nitrogen and oxygen atoms in total. The highest BCUT2D eigenvalue weighted by atomic mass is 35.5. The summed E-state index contributed by atoms with van der Waals surface area (Å²) in [5.74, 6) is 0.863. The highest BCUT2D eigenvalue weighted by Crippen LogP contribution is 2.30. The van der Waals surface area contributed by atoms with Crippen LogP contribution in [0.25, 0.3) is 0 Å². The molecular weight excluding hydrogens is 258 g/mol. The van der Waals surface area contributed by atoms with Crippen molar-refractivity contribution in [2.75, 3.05) is 26.2 Å². The minimum absolute atomic E-state index is 0.109. The highest BCUT2D eigenvalue weighted by molar-refractivity contribution is 6.21. The predicted molar refractivity (Wildman–Crippen MR) is 83.0 cm³/mol. The lowest BCUT2D eigenvalue weighted by molar-refractivity contribution is 0.319. The van der Waals surface area contributed by atoms with Crippen molar-refractivity contribution in [2.45, 2.75) is 12.3 Å². The molecule has 19 heavy (non-hydrogen) atoms. The summed E-state index contributed by atoms with van der Waals surface area (Å²) in [7, 11) is 0. The molecule has 0 amide bonds. The van der Waals surface area contributed by atoms with Gasteiger partial charge in [-0.2, -0.15) is 0 Å². The second-order valence-electron chi connectivity index (χ2n) is 4.23. The first kappa shape index (κ1) is 15.8. The number of benzene rings is 1. The first-order valence-corrected chi connectivity index (χ1v) is 6.96. The van der Waals surface area contributed by atoms with Gasteiger partial charge in [0, 0.05) is 25.2 Å². The molecule has 0 bridgehead atoms. The van der Waals surface area contributed by atoms with Gasteiger partial charge in [0.2, 0.25) is 0 Å². The van der Waals surface area contributed by atoms with E-state index >= 15 is 0 Å². The van der Waals surface area contributed by atoms with Crippen molar-refractivity contribution in [3.8, 4) is 5.75 Å². The Morgan fingerprint density at radius 3 is 2.47 bits per heavy atom. The van der Waals surface area contributed by atoms with Crippen molar-refractivity contribution in [1.29, 1.82) is 0 Å². The Morgan fingerprint density at radius 2 is 1.89 bits per heavy atom. The number of rotatable bonds is 9. The molecule has 0 saturated carbocycles. The van der Waals surface area contributed by atoms with Crippen LogP contribution in [0.15, 0.2) is 49.6 Å². The van der Waals surface area contributed by atoms with Gasteiger partial charge in [-0.3, -0.25) is 4.90 Å². The van der Waals surface area contributed by atoms with Crippen LogP contribution in [-0.4, -0.2) is 31.1 Å². The predicted octanol–water partition coefficient (Wildman–Crippen LogP) is 4.04. The van der Waals surface area contributed by atoms with Crippen LogP contribution < -0.4 is 4.74 Å². The summed E-state index contributed by atoms with van der Waals surface area (Å²) in [6, 6.07) is 7.92. The number of hydrogen-bond donors (Lipinski definition) is 0. The van der Waals surface area contributed by atoms with Gasteiger partial charge in [-0.05, 0) is 13.0 Å². The molecule has 1 aromatic carbocycles. The smallest absolute Gasteiger partial charge is 0.124 e. The van der Waals surface area contributed by atoms with E-state index in [1.54, 1.807) is 0 Å². The zero-order chi connectivity index (χ0) is 14.1. The third kappa shape index (κ3) is 5.09. The van der Waals surface area contributed by atoms with Crippen LogP contribution >= 0.6 is 11.6 Å². The van der Waals surface area contributed by atoms with Crippen molar-refractivity contribution in [3.05, 3.63) is 55.1 Å². The first-order chi connectivity index (χ1) is 9.22. The minimum Gasteiger partial charge on any atom is -0.494 e. The normalized spacial score (nSPS) is 12.2. The quantitative estimate of drug-likeness (QED) is 0.500. The van der Waals surface area contributed by atoms with E-state index in [-0.39, 0.29) is 5.38 Å². The molecule has 0 fully saturated rings. The Morgan fingerprint density at radius 1 is 1.26 bits per heavy atom. The molecule has 0 radical (unpaired) electrons. The molecule has 104 valence electrons. The monoisotopic (exact) mass is 279 g/mol. The lowest BCUT2D eigenvalue weighted by Gasteiger charge is -2.23. The molecule has 1 aromatic rings. The summed E-state index contributed by atoms with van der Waals surface area (Å²) in [6.45, 7) is 12.5. The number of para-hydroxylation sites is 1. The maximum atomic E-state index is 6.52. The SMILES string of the molecule is C=CCN(CC=C)CC(Cl)c1ccccc1OCC. The molecule has 0 aromatic heterocycles. The van der Waals surface area contributed by atoms with Gasteiger partial charge in [-0.25, -0.2) is 0 Å². The van der Waals surface area contributed by atoms with Crippen LogP contribution in [0.5, 0.6) is 5.75 Å². The van der Waals surface area contributed by atoms with Crippen molar-refractivity contribution < 1.29 is 4.74 Å². The zero-order valence-corrected chi connectivity index (χ0v) is 12.3. The molecule has 1 atom stereocenters. The van der Waals surface area contributed by atoms with Crippen LogP contribution in [-0.2, 0) is 0 Å². The van der Waals surface area contributed by atoms with Gasteiger partial charge in [0.15, 0.2) is 0 Å². The molecule has 0 saturated heterocycles. The van der Waals surface area contributed by atoms with E-state index in [0.29, 0.717) is 6.61 Å². The Hall–Kier alpha value is -1.25. The maximum absolute atomic E-state index is 6.52. The van der Waals surface area contributed by atoms with Gasteiger partial charge in [0.1, 0.15) is 5.75 Å². The summed E-state index contributed by atoms with van der Waals surface area (Å²) >= 11 is 6.52. The van der Waals surface area contributed by atoms with E-state index < -0.39 is 0 Å². The van der Waals surface area contributed by atoms with E-state index in [0.717, 1.165) is 30.9 Å². The maximum Gasteiger partial charge on any atom is 0.124 e. The van der Waals surface area contributed by atoms with Gasteiger partial charge in [0.25, 0.3) is 0 Å². The van der Waals surface area contributed by atoms with Crippen molar-refractivity contribution in [3.63, 3.8) is 0 Å². The summed E-state index contributed by atoms with van der Waals surface area (Å²) in [6.07, 6.45) is 3.75. The number of hydrogen-bond acceptors (Lipinski definition) is 2. The molecule has 3 heteroatoms. The van der Waals surface area contributed by atoms with Crippen molar-refractivity contribution in [1.82, 2.24) is 4.90 Å². The van der Waals surface area contributed by atoms with Crippen LogP contribution in [0, 0.1) is 0 Å². The molecule has 0 spiro atoms. The van der Waals surface area contributed by atoms with Crippen LogP contribution in [0.1, 0.15) is 17.9 Å². The van der Waals surface area contributed by atoms with E-state index in [9.17, 15) is 0 Å². The number of ether oxygens (including phenoxy) is 1. The molecule has 0 aliphatic carbocycles.